The molecule has 110 valence electrons. The number of carbonyl (C=O) groups is 2. The van der Waals surface area contributed by atoms with E-state index in [1.807, 2.05) is 13.8 Å². The molecule has 3 N–H and O–H groups in total. The van der Waals surface area contributed by atoms with Crippen molar-refractivity contribution in [2.24, 2.45) is 23.5 Å². The van der Waals surface area contributed by atoms with Gasteiger partial charge in [-0.25, -0.2) is 0 Å². The molecule has 1 aliphatic carbocycles. The molecule has 0 spiro atoms. The van der Waals surface area contributed by atoms with Gasteiger partial charge in [0, 0.05) is 12.5 Å². The second-order valence-electron chi connectivity index (χ2n) is 5.89. The van der Waals surface area contributed by atoms with Crippen LogP contribution in [0.25, 0.3) is 0 Å². The Hall–Kier alpha value is -1.10. The molecule has 1 aliphatic rings. The van der Waals surface area contributed by atoms with Gasteiger partial charge in [-0.2, -0.15) is 0 Å². The van der Waals surface area contributed by atoms with Crippen LogP contribution in [-0.4, -0.2) is 41.5 Å². The van der Waals surface area contributed by atoms with Gasteiger partial charge in [-0.1, -0.05) is 26.7 Å². The number of hydrogen-bond acceptors (Lipinski definition) is 3. The van der Waals surface area contributed by atoms with Crippen LogP contribution in [-0.2, 0) is 9.59 Å². The second-order valence-corrected chi connectivity index (χ2v) is 5.89. The number of carboxylic acid groups (broad SMARTS) is 1. The van der Waals surface area contributed by atoms with Crippen LogP contribution in [0.4, 0.5) is 0 Å². The number of nitrogens with two attached hydrogens (primary N) is 1. The lowest BCUT2D eigenvalue weighted by atomic mass is 9.78. The quantitative estimate of drug-likeness (QED) is 0.762. The van der Waals surface area contributed by atoms with Crippen molar-refractivity contribution in [2.75, 3.05) is 19.6 Å². The lowest BCUT2D eigenvalue weighted by molar-refractivity contribution is -0.148. The first-order valence-corrected chi connectivity index (χ1v) is 7.16. The normalized spacial score (nSPS) is 23.4. The highest BCUT2D eigenvalue weighted by atomic mass is 16.4. The van der Waals surface area contributed by atoms with Crippen molar-refractivity contribution in [3.8, 4) is 0 Å². The van der Waals surface area contributed by atoms with E-state index in [0.717, 1.165) is 25.7 Å². The smallest absolute Gasteiger partial charge is 0.323 e. The van der Waals surface area contributed by atoms with Gasteiger partial charge in [0.15, 0.2) is 0 Å². The first kappa shape index (κ1) is 16.0. The fraction of sp³-hybridized carbons (Fsp3) is 0.857. The Morgan fingerprint density at radius 2 is 1.95 bits per heavy atom. The summed E-state index contributed by atoms with van der Waals surface area (Å²) >= 11 is 0. The van der Waals surface area contributed by atoms with E-state index in [4.69, 9.17) is 10.8 Å². The third-order valence-electron chi connectivity index (χ3n) is 3.75. The lowest BCUT2D eigenvalue weighted by Crippen LogP contribution is -2.45. The van der Waals surface area contributed by atoms with Gasteiger partial charge in [0.25, 0.3) is 0 Å². The van der Waals surface area contributed by atoms with Gasteiger partial charge in [-0.15, -0.1) is 0 Å². The van der Waals surface area contributed by atoms with E-state index >= 15 is 0 Å². The van der Waals surface area contributed by atoms with Crippen molar-refractivity contribution in [3.63, 3.8) is 0 Å². The Balaban J connectivity index is 2.75. The van der Waals surface area contributed by atoms with Gasteiger partial charge in [0.05, 0.1) is 0 Å². The molecule has 0 saturated heterocycles. The molecule has 0 aromatic heterocycles. The molecule has 1 saturated carbocycles. The summed E-state index contributed by atoms with van der Waals surface area (Å²) in [6.45, 7) is 4.79. The van der Waals surface area contributed by atoms with Gasteiger partial charge in [-0.05, 0) is 31.2 Å². The minimum absolute atomic E-state index is 0.0220. The minimum Gasteiger partial charge on any atom is -0.480 e. The molecule has 0 heterocycles. The summed E-state index contributed by atoms with van der Waals surface area (Å²) in [6, 6.07) is 0. The number of aliphatic carboxylic acids is 1. The highest BCUT2D eigenvalue weighted by molar-refractivity contribution is 5.83. The molecule has 19 heavy (non-hydrogen) atoms. The number of amides is 1. The fourth-order valence-corrected chi connectivity index (χ4v) is 2.89. The summed E-state index contributed by atoms with van der Waals surface area (Å²) in [5, 5.41) is 8.95. The van der Waals surface area contributed by atoms with Crippen molar-refractivity contribution in [3.05, 3.63) is 0 Å². The molecular weight excluding hydrogens is 244 g/mol. The Morgan fingerprint density at radius 1 is 1.32 bits per heavy atom. The maximum absolute atomic E-state index is 12.5. The van der Waals surface area contributed by atoms with Gasteiger partial charge in [0.1, 0.15) is 6.54 Å². The standard InChI is InChI=1S/C14H26N2O3/c1-10(2)8-16(9-13(17)18)14(19)12-6-4-3-5-11(12)7-15/h10-12H,3-9,15H2,1-2H3,(H,17,18). The average Bonchev–Trinajstić information content (AvgIpc) is 2.36. The molecule has 0 aromatic rings. The maximum atomic E-state index is 12.5. The predicted octanol–water partition coefficient (Wildman–Crippen LogP) is 1.32. The van der Waals surface area contributed by atoms with Crippen LogP contribution in [0.1, 0.15) is 39.5 Å². The van der Waals surface area contributed by atoms with E-state index in [1.54, 1.807) is 0 Å². The Morgan fingerprint density at radius 3 is 2.47 bits per heavy atom. The molecule has 1 amide bonds. The van der Waals surface area contributed by atoms with E-state index in [1.165, 1.54) is 4.90 Å². The van der Waals surface area contributed by atoms with E-state index in [-0.39, 0.29) is 30.2 Å². The van der Waals surface area contributed by atoms with Crippen molar-refractivity contribution >= 4 is 11.9 Å². The largest absolute Gasteiger partial charge is 0.480 e. The Kier molecular flexibility index (Phi) is 6.28. The molecule has 1 fully saturated rings. The summed E-state index contributed by atoms with van der Waals surface area (Å²) in [7, 11) is 0. The Labute approximate surface area is 115 Å². The zero-order chi connectivity index (χ0) is 14.4. The minimum atomic E-state index is -0.950. The van der Waals surface area contributed by atoms with Gasteiger partial charge in [-0.3, -0.25) is 9.59 Å². The summed E-state index contributed by atoms with van der Waals surface area (Å²) in [6.07, 6.45) is 3.98. The highest BCUT2D eigenvalue weighted by Crippen LogP contribution is 2.31. The van der Waals surface area contributed by atoms with E-state index in [0.29, 0.717) is 13.1 Å². The molecule has 0 radical (unpaired) electrons. The van der Waals surface area contributed by atoms with Crippen LogP contribution in [0.5, 0.6) is 0 Å². The molecule has 1 rings (SSSR count). The number of rotatable bonds is 6. The molecule has 5 nitrogen and oxygen atoms in total. The zero-order valence-corrected chi connectivity index (χ0v) is 12.0. The first-order chi connectivity index (χ1) is 8.95. The number of carbonyl (C=O) groups excluding carboxylic acids is 1. The second kappa shape index (κ2) is 7.48. The summed E-state index contributed by atoms with van der Waals surface area (Å²) in [5.41, 5.74) is 5.75. The third kappa shape index (κ3) is 4.82. The maximum Gasteiger partial charge on any atom is 0.323 e. The van der Waals surface area contributed by atoms with Crippen LogP contribution >= 0.6 is 0 Å². The van der Waals surface area contributed by atoms with Gasteiger partial charge < -0.3 is 15.7 Å². The van der Waals surface area contributed by atoms with Crippen LogP contribution in [0.3, 0.4) is 0 Å². The van der Waals surface area contributed by atoms with Crippen LogP contribution < -0.4 is 5.73 Å². The van der Waals surface area contributed by atoms with Gasteiger partial charge >= 0.3 is 5.97 Å². The fourth-order valence-electron chi connectivity index (χ4n) is 2.89. The van der Waals surface area contributed by atoms with Crippen molar-refractivity contribution < 1.29 is 14.7 Å². The average molecular weight is 270 g/mol. The highest BCUT2D eigenvalue weighted by Gasteiger charge is 2.33. The predicted molar refractivity (Wildman–Crippen MR) is 73.6 cm³/mol. The number of carboxylic acids is 1. The Bertz CT molecular complexity index is 318. The molecule has 0 aromatic carbocycles. The van der Waals surface area contributed by atoms with Gasteiger partial charge in [0.2, 0.25) is 5.91 Å². The number of nitrogens with zero attached hydrogens (tertiary/aromatic N) is 1. The first-order valence-electron chi connectivity index (χ1n) is 7.16. The summed E-state index contributed by atoms with van der Waals surface area (Å²) in [5.74, 6) is -0.579. The third-order valence-corrected chi connectivity index (χ3v) is 3.75. The van der Waals surface area contributed by atoms with E-state index in [9.17, 15) is 9.59 Å². The molecule has 2 unspecified atom stereocenters. The monoisotopic (exact) mass is 270 g/mol. The summed E-state index contributed by atoms with van der Waals surface area (Å²) < 4.78 is 0. The molecule has 5 heteroatoms. The topological polar surface area (TPSA) is 83.6 Å². The summed E-state index contributed by atoms with van der Waals surface area (Å²) in [4.78, 5) is 24.9. The van der Waals surface area contributed by atoms with Crippen LogP contribution in [0.15, 0.2) is 0 Å². The van der Waals surface area contributed by atoms with E-state index in [2.05, 4.69) is 0 Å². The van der Waals surface area contributed by atoms with E-state index < -0.39 is 5.97 Å². The van der Waals surface area contributed by atoms with Crippen molar-refractivity contribution in [2.45, 2.75) is 39.5 Å². The molecule has 0 bridgehead atoms. The van der Waals surface area contributed by atoms with Crippen molar-refractivity contribution in [1.29, 1.82) is 0 Å². The number of hydrogen-bond donors (Lipinski definition) is 2. The lowest BCUT2D eigenvalue weighted by Gasteiger charge is -2.34. The molecule has 0 aliphatic heterocycles. The molecular formula is C14H26N2O3. The molecule has 2 atom stereocenters. The SMILES string of the molecule is CC(C)CN(CC(=O)O)C(=O)C1CCCCC1CN. The zero-order valence-electron chi connectivity index (χ0n) is 12.0. The van der Waals surface area contributed by atoms with Crippen molar-refractivity contribution in [1.82, 2.24) is 4.90 Å². The van der Waals surface area contributed by atoms with Crippen LogP contribution in [0.2, 0.25) is 0 Å². The van der Waals surface area contributed by atoms with Crippen LogP contribution in [0, 0.1) is 17.8 Å².